The van der Waals surface area contributed by atoms with Crippen LogP contribution < -0.4 is 14.8 Å². The number of methoxy groups -OCH3 is 1. The van der Waals surface area contributed by atoms with Gasteiger partial charge in [0.05, 0.1) is 17.3 Å². The Morgan fingerprint density at radius 1 is 0.938 bits per heavy atom. The topological polar surface area (TPSA) is 84.5 Å². The molecule has 0 aromatic heterocycles. The van der Waals surface area contributed by atoms with Crippen LogP contribution in [0.1, 0.15) is 6.92 Å². The predicted molar refractivity (Wildman–Crippen MR) is 121 cm³/mol. The Morgan fingerprint density at radius 3 is 2.16 bits per heavy atom. The van der Waals surface area contributed by atoms with Crippen LogP contribution in [0.4, 0.5) is 20.2 Å². The van der Waals surface area contributed by atoms with E-state index in [0.29, 0.717) is 11.8 Å². The fraction of sp³-hybridized carbons (Fsp3) is 0.136. The summed E-state index contributed by atoms with van der Waals surface area (Å²) in [5, 5.41) is 2.39. The molecule has 0 saturated carbocycles. The second-order valence-electron chi connectivity index (χ2n) is 6.68. The van der Waals surface area contributed by atoms with E-state index in [0.717, 1.165) is 22.8 Å². The van der Waals surface area contributed by atoms with Gasteiger partial charge in [0, 0.05) is 16.3 Å². The van der Waals surface area contributed by atoms with E-state index in [1.54, 1.807) is 14.0 Å². The van der Waals surface area contributed by atoms with Crippen molar-refractivity contribution < 1.29 is 26.7 Å². The maximum Gasteiger partial charge on any atom is 0.261 e. The number of benzene rings is 3. The molecule has 3 rings (SSSR count). The first-order valence-electron chi connectivity index (χ1n) is 9.37. The van der Waals surface area contributed by atoms with Gasteiger partial charge in [-0.2, -0.15) is 0 Å². The van der Waals surface area contributed by atoms with E-state index < -0.39 is 26.6 Å². The first kappa shape index (κ1) is 23.6. The number of nitrogens with one attached hydrogen (secondary N) is 2. The summed E-state index contributed by atoms with van der Waals surface area (Å²) in [6.07, 6.45) is 0. The molecule has 6 nitrogen and oxygen atoms in total. The summed E-state index contributed by atoms with van der Waals surface area (Å²) in [7, 11) is -2.52. The lowest BCUT2D eigenvalue weighted by molar-refractivity contribution is -0.115. The summed E-state index contributed by atoms with van der Waals surface area (Å²) >= 11 is 1.38. The summed E-state index contributed by atoms with van der Waals surface area (Å²) < 4.78 is 58.5. The molecule has 0 aliphatic rings. The average Bonchev–Trinajstić information content (AvgIpc) is 2.77. The number of anilines is 2. The van der Waals surface area contributed by atoms with Crippen LogP contribution in [0.15, 0.2) is 76.5 Å². The Kier molecular flexibility index (Phi) is 7.37. The summed E-state index contributed by atoms with van der Waals surface area (Å²) in [5.74, 6) is -1.89. The lowest BCUT2D eigenvalue weighted by atomic mass is 10.3. The molecule has 0 bridgehead atoms. The maximum atomic E-state index is 13.3. The van der Waals surface area contributed by atoms with Crippen LogP contribution >= 0.6 is 11.8 Å². The largest absolute Gasteiger partial charge is 0.497 e. The summed E-state index contributed by atoms with van der Waals surface area (Å²) in [5.41, 5.74) is 0.682. The zero-order valence-corrected chi connectivity index (χ0v) is 18.8. The number of halogens is 2. The van der Waals surface area contributed by atoms with Gasteiger partial charge in [-0.25, -0.2) is 17.2 Å². The standard InChI is InChI=1S/C22H20F2N2O4S2/c1-14(31-18-9-7-17(30-2)8-10-18)22(27)25-15-3-5-16(6-4-15)26-32(28,29)19-11-12-20(23)21(24)13-19/h3-14,26H,1-2H3,(H,25,27). The highest BCUT2D eigenvalue weighted by atomic mass is 32.2. The minimum absolute atomic E-state index is 0.202. The van der Waals surface area contributed by atoms with Crippen LogP contribution in [-0.4, -0.2) is 26.7 Å². The molecule has 0 radical (unpaired) electrons. The normalized spacial score (nSPS) is 12.1. The number of carbonyl (C=O) groups excluding carboxylic acids is 1. The van der Waals surface area contributed by atoms with Gasteiger partial charge < -0.3 is 10.1 Å². The van der Waals surface area contributed by atoms with Crippen molar-refractivity contribution in [2.45, 2.75) is 22.0 Å². The Bertz CT molecular complexity index is 1200. The SMILES string of the molecule is COc1ccc(SC(C)C(=O)Nc2ccc(NS(=O)(=O)c3ccc(F)c(F)c3)cc2)cc1. The van der Waals surface area contributed by atoms with Gasteiger partial charge in [-0.3, -0.25) is 9.52 Å². The van der Waals surface area contributed by atoms with E-state index >= 15 is 0 Å². The van der Waals surface area contributed by atoms with Crippen molar-refractivity contribution >= 4 is 39.1 Å². The van der Waals surface area contributed by atoms with E-state index in [4.69, 9.17) is 4.74 Å². The van der Waals surface area contributed by atoms with Crippen molar-refractivity contribution in [3.8, 4) is 5.75 Å². The quantitative estimate of drug-likeness (QED) is 0.450. The molecule has 168 valence electrons. The van der Waals surface area contributed by atoms with E-state index in [1.165, 1.54) is 36.0 Å². The van der Waals surface area contributed by atoms with Gasteiger partial charge in [0.15, 0.2) is 11.6 Å². The van der Waals surface area contributed by atoms with Gasteiger partial charge in [0.1, 0.15) is 5.75 Å². The minimum atomic E-state index is -4.10. The molecule has 0 heterocycles. The first-order valence-corrected chi connectivity index (χ1v) is 11.7. The second kappa shape index (κ2) is 10.0. The Morgan fingerprint density at radius 2 is 1.56 bits per heavy atom. The van der Waals surface area contributed by atoms with Crippen molar-refractivity contribution in [2.24, 2.45) is 0 Å². The zero-order valence-electron chi connectivity index (χ0n) is 17.1. The van der Waals surface area contributed by atoms with Crippen molar-refractivity contribution in [3.63, 3.8) is 0 Å². The van der Waals surface area contributed by atoms with Crippen molar-refractivity contribution in [3.05, 3.63) is 78.4 Å². The van der Waals surface area contributed by atoms with Crippen LogP contribution in [0.25, 0.3) is 0 Å². The molecule has 1 unspecified atom stereocenters. The van der Waals surface area contributed by atoms with Gasteiger partial charge in [0.2, 0.25) is 5.91 Å². The lowest BCUT2D eigenvalue weighted by Crippen LogP contribution is -2.22. The highest BCUT2D eigenvalue weighted by molar-refractivity contribution is 8.00. The molecule has 1 atom stereocenters. The number of hydrogen-bond acceptors (Lipinski definition) is 5. The number of thioether (sulfide) groups is 1. The highest BCUT2D eigenvalue weighted by Gasteiger charge is 2.18. The lowest BCUT2D eigenvalue weighted by Gasteiger charge is -2.13. The fourth-order valence-corrected chi connectivity index (χ4v) is 4.57. The Hall–Kier alpha value is -3.11. The monoisotopic (exact) mass is 478 g/mol. The molecule has 0 spiro atoms. The first-order chi connectivity index (χ1) is 15.2. The van der Waals surface area contributed by atoms with E-state index in [2.05, 4.69) is 10.0 Å². The summed E-state index contributed by atoms with van der Waals surface area (Å²) in [4.78, 5) is 13.0. The second-order valence-corrected chi connectivity index (χ2v) is 9.78. The molecule has 32 heavy (non-hydrogen) atoms. The zero-order chi connectivity index (χ0) is 23.3. The van der Waals surface area contributed by atoms with Crippen molar-refractivity contribution in [1.82, 2.24) is 0 Å². The summed E-state index contributed by atoms with van der Waals surface area (Å²) in [6, 6.07) is 15.6. The number of rotatable bonds is 8. The number of hydrogen-bond donors (Lipinski definition) is 2. The van der Waals surface area contributed by atoms with Crippen molar-refractivity contribution in [2.75, 3.05) is 17.1 Å². The fourth-order valence-electron chi connectivity index (χ4n) is 2.64. The molecule has 0 fully saturated rings. The molecule has 3 aromatic rings. The molecular weight excluding hydrogens is 458 g/mol. The molecular formula is C22H20F2N2O4S2. The van der Waals surface area contributed by atoms with Crippen LogP contribution in [0.5, 0.6) is 5.75 Å². The number of carbonyl (C=O) groups is 1. The smallest absolute Gasteiger partial charge is 0.261 e. The third-order valence-corrected chi connectivity index (χ3v) is 6.84. The number of sulfonamides is 1. The van der Waals surface area contributed by atoms with Crippen LogP contribution in [0.2, 0.25) is 0 Å². The van der Waals surface area contributed by atoms with E-state index in [-0.39, 0.29) is 16.8 Å². The minimum Gasteiger partial charge on any atom is -0.497 e. The van der Waals surface area contributed by atoms with E-state index in [1.807, 2.05) is 24.3 Å². The van der Waals surface area contributed by atoms with Gasteiger partial charge >= 0.3 is 0 Å². The number of amides is 1. The third kappa shape index (κ3) is 5.98. The van der Waals surface area contributed by atoms with Crippen LogP contribution in [-0.2, 0) is 14.8 Å². The van der Waals surface area contributed by atoms with Crippen LogP contribution in [0, 0.1) is 11.6 Å². The molecule has 2 N–H and O–H groups in total. The summed E-state index contributed by atoms with van der Waals surface area (Å²) in [6.45, 7) is 1.77. The molecule has 1 amide bonds. The molecule has 0 saturated heterocycles. The van der Waals surface area contributed by atoms with Gasteiger partial charge in [-0.1, -0.05) is 0 Å². The molecule has 0 aliphatic carbocycles. The average molecular weight is 479 g/mol. The van der Waals surface area contributed by atoms with Gasteiger partial charge in [0.25, 0.3) is 10.0 Å². The van der Waals surface area contributed by atoms with Gasteiger partial charge in [-0.05, 0) is 73.7 Å². The Balaban J connectivity index is 1.60. The van der Waals surface area contributed by atoms with Crippen molar-refractivity contribution in [1.29, 1.82) is 0 Å². The molecule has 3 aromatic carbocycles. The van der Waals surface area contributed by atoms with Crippen LogP contribution in [0.3, 0.4) is 0 Å². The highest BCUT2D eigenvalue weighted by Crippen LogP contribution is 2.26. The van der Waals surface area contributed by atoms with E-state index in [9.17, 15) is 22.0 Å². The Labute approximate surface area is 189 Å². The number of ether oxygens (including phenoxy) is 1. The predicted octanol–water partition coefficient (Wildman–Crippen LogP) is 4.89. The molecule has 10 heteroatoms. The maximum absolute atomic E-state index is 13.3. The third-order valence-electron chi connectivity index (χ3n) is 4.35. The van der Waals surface area contributed by atoms with Gasteiger partial charge in [-0.15, -0.1) is 11.8 Å². The molecule has 0 aliphatic heterocycles.